The van der Waals surface area contributed by atoms with Gasteiger partial charge in [0.15, 0.2) is 0 Å². The maximum Gasteiger partial charge on any atom is 0.242 e. The summed E-state index contributed by atoms with van der Waals surface area (Å²) in [4.78, 5) is 30.1. The zero-order chi connectivity index (χ0) is 15.0. The number of nitrogens with zero attached hydrogens (tertiary/aromatic N) is 3. The van der Waals surface area contributed by atoms with E-state index < -0.39 is 0 Å². The quantitative estimate of drug-likeness (QED) is 0.774. The van der Waals surface area contributed by atoms with E-state index >= 15 is 0 Å². The Morgan fingerprint density at radius 1 is 1.24 bits per heavy atom. The molecular formula is C15H20N4O2. The highest BCUT2D eigenvalue weighted by atomic mass is 16.2. The van der Waals surface area contributed by atoms with Gasteiger partial charge in [0.2, 0.25) is 11.8 Å². The largest absolute Gasteiger partial charge is 0.399 e. The van der Waals surface area contributed by atoms with E-state index in [1.165, 1.54) is 0 Å². The van der Waals surface area contributed by atoms with Gasteiger partial charge in [-0.2, -0.15) is 0 Å². The molecule has 0 aromatic heterocycles. The molecule has 21 heavy (non-hydrogen) atoms. The lowest BCUT2D eigenvalue weighted by molar-refractivity contribution is -0.132. The normalized spacial score (nSPS) is 19.0. The van der Waals surface area contributed by atoms with Gasteiger partial charge >= 0.3 is 0 Å². The molecule has 0 bridgehead atoms. The van der Waals surface area contributed by atoms with Gasteiger partial charge in [0.1, 0.15) is 6.54 Å². The molecule has 2 amide bonds. The summed E-state index contributed by atoms with van der Waals surface area (Å²) in [5.74, 6) is -0.0146. The maximum atomic E-state index is 12.4. The Morgan fingerprint density at radius 2 is 1.95 bits per heavy atom. The van der Waals surface area contributed by atoms with Crippen molar-refractivity contribution in [3.05, 3.63) is 23.8 Å². The molecule has 3 rings (SSSR count). The topological polar surface area (TPSA) is 69.9 Å². The molecule has 2 aliphatic rings. The first-order valence-corrected chi connectivity index (χ1v) is 7.19. The summed E-state index contributed by atoms with van der Waals surface area (Å²) in [6.45, 7) is 3.34. The lowest BCUT2D eigenvalue weighted by atomic mass is 10.1. The van der Waals surface area contributed by atoms with Gasteiger partial charge in [-0.3, -0.25) is 9.59 Å². The molecule has 0 unspecified atom stereocenters. The number of likely N-dealkylation sites (N-methyl/N-ethyl adjacent to an activating group) is 1. The van der Waals surface area contributed by atoms with Gasteiger partial charge in [-0.25, -0.2) is 0 Å². The Labute approximate surface area is 124 Å². The van der Waals surface area contributed by atoms with Gasteiger partial charge in [-0.05, 0) is 30.8 Å². The van der Waals surface area contributed by atoms with Crippen LogP contribution in [-0.2, 0) is 16.0 Å². The highest BCUT2D eigenvalue weighted by molar-refractivity contribution is 6.05. The summed E-state index contributed by atoms with van der Waals surface area (Å²) < 4.78 is 0. The predicted molar refractivity (Wildman–Crippen MR) is 81.0 cm³/mol. The molecule has 6 nitrogen and oxygen atoms in total. The summed E-state index contributed by atoms with van der Waals surface area (Å²) in [6, 6.07) is 5.41. The standard InChI is InChI=1S/C15H20N4O2/c1-17-4-6-18(7-5-17)15(21)10-19-13-3-2-12(16)8-11(13)9-14(19)20/h2-3,8H,4-7,9-10,16H2,1H3. The van der Waals surface area contributed by atoms with Crippen molar-refractivity contribution < 1.29 is 9.59 Å². The Kier molecular flexibility index (Phi) is 3.55. The maximum absolute atomic E-state index is 12.4. The van der Waals surface area contributed by atoms with Crippen LogP contribution in [0.3, 0.4) is 0 Å². The van der Waals surface area contributed by atoms with Crippen molar-refractivity contribution in [3.63, 3.8) is 0 Å². The summed E-state index contributed by atoms with van der Waals surface area (Å²) in [6.07, 6.45) is 0.330. The number of nitrogens with two attached hydrogens (primary N) is 1. The van der Waals surface area contributed by atoms with Crippen LogP contribution in [0.5, 0.6) is 0 Å². The number of carbonyl (C=O) groups excluding carboxylic acids is 2. The van der Waals surface area contributed by atoms with Crippen LogP contribution in [0, 0.1) is 0 Å². The average molecular weight is 288 g/mol. The number of hydrogen-bond donors (Lipinski definition) is 1. The van der Waals surface area contributed by atoms with Gasteiger partial charge in [-0.15, -0.1) is 0 Å². The molecule has 0 atom stereocenters. The number of benzene rings is 1. The summed E-state index contributed by atoms with van der Waals surface area (Å²) in [7, 11) is 2.05. The average Bonchev–Trinajstić information content (AvgIpc) is 2.75. The Bertz CT molecular complexity index is 579. The number of fused-ring (bicyclic) bond motifs is 1. The number of rotatable bonds is 2. The first-order valence-electron chi connectivity index (χ1n) is 7.19. The van der Waals surface area contributed by atoms with Crippen molar-refractivity contribution in [2.24, 2.45) is 0 Å². The minimum atomic E-state index is -0.0296. The van der Waals surface area contributed by atoms with Crippen LogP contribution in [0.25, 0.3) is 0 Å². The molecule has 0 saturated carbocycles. The fraction of sp³-hybridized carbons (Fsp3) is 0.467. The van der Waals surface area contributed by atoms with Gasteiger partial charge in [0, 0.05) is 37.6 Å². The van der Waals surface area contributed by atoms with E-state index in [0.29, 0.717) is 12.1 Å². The van der Waals surface area contributed by atoms with E-state index in [1.54, 1.807) is 11.0 Å². The minimum Gasteiger partial charge on any atom is -0.399 e. The summed E-state index contributed by atoms with van der Waals surface area (Å²) in [5.41, 5.74) is 8.12. The molecule has 0 radical (unpaired) electrons. The van der Waals surface area contributed by atoms with Crippen LogP contribution in [0.2, 0.25) is 0 Å². The zero-order valence-electron chi connectivity index (χ0n) is 12.2. The monoisotopic (exact) mass is 288 g/mol. The second-order valence-corrected chi connectivity index (χ2v) is 5.73. The minimum absolute atomic E-state index is 0.0149. The van der Waals surface area contributed by atoms with E-state index in [9.17, 15) is 9.59 Å². The highest BCUT2D eigenvalue weighted by Crippen LogP contribution is 2.30. The van der Waals surface area contributed by atoms with Crippen LogP contribution in [0.4, 0.5) is 11.4 Å². The molecule has 112 valence electrons. The Morgan fingerprint density at radius 3 is 2.67 bits per heavy atom. The molecule has 2 N–H and O–H groups in total. The van der Waals surface area contributed by atoms with Gasteiger partial charge in [0.25, 0.3) is 0 Å². The first kappa shape index (κ1) is 13.9. The molecule has 6 heteroatoms. The van der Waals surface area contributed by atoms with E-state index in [0.717, 1.165) is 37.4 Å². The Hall–Kier alpha value is -2.08. The van der Waals surface area contributed by atoms with Crippen LogP contribution >= 0.6 is 0 Å². The van der Waals surface area contributed by atoms with Crippen molar-refractivity contribution >= 4 is 23.2 Å². The second kappa shape index (κ2) is 5.37. The smallest absolute Gasteiger partial charge is 0.242 e. The molecule has 0 aliphatic carbocycles. The number of amides is 2. The first-order chi connectivity index (χ1) is 10.0. The molecule has 1 fully saturated rings. The van der Waals surface area contributed by atoms with Crippen molar-refractivity contribution in [2.75, 3.05) is 50.4 Å². The van der Waals surface area contributed by atoms with Crippen molar-refractivity contribution in [1.29, 1.82) is 0 Å². The van der Waals surface area contributed by atoms with Gasteiger partial charge in [0.05, 0.1) is 6.42 Å². The molecule has 0 spiro atoms. The second-order valence-electron chi connectivity index (χ2n) is 5.73. The lowest BCUT2D eigenvalue weighted by Gasteiger charge is -2.33. The van der Waals surface area contributed by atoms with E-state index in [2.05, 4.69) is 4.90 Å². The lowest BCUT2D eigenvalue weighted by Crippen LogP contribution is -2.50. The Balaban J connectivity index is 1.71. The van der Waals surface area contributed by atoms with Crippen molar-refractivity contribution in [1.82, 2.24) is 9.80 Å². The summed E-state index contributed by atoms with van der Waals surface area (Å²) >= 11 is 0. The van der Waals surface area contributed by atoms with Crippen LogP contribution in [-0.4, -0.2) is 61.4 Å². The summed E-state index contributed by atoms with van der Waals surface area (Å²) in [5, 5.41) is 0. The van der Waals surface area contributed by atoms with E-state index in [1.807, 2.05) is 24.1 Å². The fourth-order valence-electron chi connectivity index (χ4n) is 2.87. The predicted octanol–water partition coefficient (Wildman–Crippen LogP) is -0.0681. The molecule has 1 aromatic carbocycles. The SMILES string of the molecule is CN1CCN(C(=O)CN2C(=O)Cc3cc(N)ccc32)CC1. The van der Waals surface area contributed by atoms with E-state index in [-0.39, 0.29) is 18.4 Å². The molecular weight excluding hydrogens is 268 g/mol. The third-order valence-corrected chi connectivity index (χ3v) is 4.19. The number of carbonyl (C=O) groups is 2. The molecule has 1 saturated heterocycles. The number of anilines is 2. The zero-order valence-corrected chi connectivity index (χ0v) is 12.2. The highest BCUT2D eigenvalue weighted by Gasteiger charge is 2.30. The fourth-order valence-corrected chi connectivity index (χ4v) is 2.87. The van der Waals surface area contributed by atoms with Crippen LogP contribution in [0.1, 0.15) is 5.56 Å². The molecule has 1 aromatic rings. The van der Waals surface area contributed by atoms with Crippen LogP contribution < -0.4 is 10.6 Å². The number of nitrogen functional groups attached to an aromatic ring is 1. The third kappa shape index (κ3) is 2.71. The van der Waals surface area contributed by atoms with Gasteiger partial charge < -0.3 is 20.4 Å². The van der Waals surface area contributed by atoms with Gasteiger partial charge in [-0.1, -0.05) is 0 Å². The molecule has 2 heterocycles. The molecule has 2 aliphatic heterocycles. The number of piperazine rings is 1. The third-order valence-electron chi connectivity index (χ3n) is 4.19. The van der Waals surface area contributed by atoms with Crippen LogP contribution in [0.15, 0.2) is 18.2 Å². The van der Waals surface area contributed by atoms with Crippen molar-refractivity contribution in [3.8, 4) is 0 Å². The number of hydrogen-bond acceptors (Lipinski definition) is 4. The van der Waals surface area contributed by atoms with E-state index in [4.69, 9.17) is 5.73 Å². The van der Waals surface area contributed by atoms with Crippen molar-refractivity contribution in [2.45, 2.75) is 6.42 Å².